The number of amides is 1. The van der Waals surface area contributed by atoms with E-state index in [-0.39, 0.29) is 11.8 Å². The van der Waals surface area contributed by atoms with Gasteiger partial charge in [0.05, 0.1) is 12.3 Å². The Morgan fingerprint density at radius 1 is 1.05 bits per heavy atom. The summed E-state index contributed by atoms with van der Waals surface area (Å²) in [6.45, 7) is 5.00. The van der Waals surface area contributed by atoms with Crippen LogP contribution in [0.5, 0.6) is 0 Å². The van der Waals surface area contributed by atoms with Gasteiger partial charge in [0.2, 0.25) is 11.9 Å². The van der Waals surface area contributed by atoms with Gasteiger partial charge >= 0.3 is 5.97 Å². The molecular formula is C25H24N8O3S. The number of carbonyl (C=O) groups is 2. The predicted octanol–water partition coefficient (Wildman–Crippen LogP) is 3.82. The van der Waals surface area contributed by atoms with Crippen LogP contribution in [0.25, 0.3) is 11.5 Å². The monoisotopic (exact) mass is 516 g/mol. The molecule has 1 aliphatic rings. The van der Waals surface area contributed by atoms with E-state index in [0.29, 0.717) is 59.4 Å². The van der Waals surface area contributed by atoms with Crippen LogP contribution in [0, 0.1) is 12.8 Å². The average Bonchev–Trinajstić information content (AvgIpc) is 3.32. The molecule has 0 atom stereocenters. The van der Waals surface area contributed by atoms with Gasteiger partial charge in [-0.05, 0) is 37.3 Å². The fourth-order valence-corrected chi connectivity index (χ4v) is 4.41. The highest BCUT2D eigenvalue weighted by Crippen LogP contribution is 2.24. The van der Waals surface area contributed by atoms with Gasteiger partial charge in [-0.2, -0.15) is 4.98 Å². The van der Waals surface area contributed by atoms with Gasteiger partial charge in [-0.1, -0.05) is 6.07 Å². The summed E-state index contributed by atoms with van der Waals surface area (Å²) in [5, 5.41) is 8.07. The molecule has 11 nitrogen and oxygen atoms in total. The average molecular weight is 517 g/mol. The highest BCUT2D eigenvalue weighted by atomic mass is 32.1. The number of hydrogen-bond acceptors (Lipinski definition) is 11. The molecule has 0 saturated carbocycles. The van der Waals surface area contributed by atoms with Crippen molar-refractivity contribution in [2.75, 3.05) is 30.3 Å². The molecule has 37 heavy (non-hydrogen) atoms. The third-order valence-electron chi connectivity index (χ3n) is 5.59. The van der Waals surface area contributed by atoms with Crippen LogP contribution in [-0.4, -0.2) is 61.4 Å². The number of nitrogens with zero attached hydrogens (tertiary/aromatic N) is 6. The Balaban J connectivity index is 1.18. The van der Waals surface area contributed by atoms with Crippen LogP contribution in [0.4, 0.5) is 23.3 Å². The predicted molar refractivity (Wildman–Crippen MR) is 139 cm³/mol. The molecule has 4 aromatic rings. The number of aromatic nitrogens is 5. The normalized spacial score (nSPS) is 13.1. The van der Waals surface area contributed by atoms with E-state index in [4.69, 9.17) is 4.74 Å². The van der Waals surface area contributed by atoms with Gasteiger partial charge in [0.1, 0.15) is 22.2 Å². The van der Waals surface area contributed by atoms with E-state index >= 15 is 0 Å². The third kappa shape index (κ3) is 6.04. The van der Waals surface area contributed by atoms with Crippen molar-refractivity contribution in [2.24, 2.45) is 5.92 Å². The Morgan fingerprint density at radius 3 is 2.62 bits per heavy atom. The van der Waals surface area contributed by atoms with Gasteiger partial charge in [0, 0.05) is 49.4 Å². The number of aryl methyl sites for hydroxylation is 1. The van der Waals surface area contributed by atoms with Crippen molar-refractivity contribution in [3.8, 4) is 11.5 Å². The van der Waals surface area contributed by atoms with Gasteiger partial charge in [0.15, 0.2) is 5.82 Å². The first-order valence-corrected chi connectivity index (χ1v) is 12.5. The van der Waals surface area contributed by atoms with Crippen LogP contribution in [0.1, 0.15) is 22.3 Å². The zero-order valence-corrected chi connectivity index (χ0v) is 21.0. The molecule has 0 bridgehead atoms. The van der Waals surface area contributed by atoms with Crippen LogP contribution in [-0.2, 0) is 9.53 Å². The van der Waals surface area contributed by atoms with Gasteiger partial charge in [-0.3, -0.25) is 4.79 Å². The second-order valence-corrected chi connectivity index (χ2v) is 9.44. The van der Waals surface area contributed by atoms with Gasteiger partial charge in [-0.25, -0.2) is 24.7 Å². The lowest BCUT2D eigenvalue weighted by Gasteiger charge is -2.38. The number of ether oxygens (including phenoxy) is 1. The van der Waals surface area contributed by atoms with E-state index in [0.717, 1.165) is 5.69 Å². The van der Waals surface area contributed by atoms with Crippen molar-refractivity contribution in [3.63, 3.8) is 0 Å². The first-order valence-electron chi connectivity index (χ1n) is 11.6. The summed E-state index contributed by atoms with van der Waals surface area (Å²) in [5.74, 6) is 1.81. The topological polar surface area (TPSA) is 135 Å². The molecular weight excluding hydrogens is 492 g/mol. The molecule has 2 N–H and O–H groups in total. The first kappa shape index (κ1) is 24.3. The van der Waals surface area contributed by atoms with E-state index in [1.807, 2.05) is 25.1 Å². The summed E-state index contributed by atoms with van der Waals surface area (Å²) in [6.07, 6.45) is 3.28. The molecule has 5 heterocycles. The maximum atomic E-state index is 12.4. The van der Waals surface area contributed by atoms with E-state index in [1.165, 1.54) is 18.3 Å². The molecule has 0 aromatic carbocycles. The molecule has 0 aliphatic carbocycles. The minimum atomic E-state index is -0.390. The number of nitrogens with one attached hydrogen (secondary N) is 2. The molecule has 4 aromatic heterocycles. The Bertz CT molecular complexity index is 1440. The summed E-state index contributed by atoms with van der Waals surface area (Å²) in [7, 11) is 0. The third-order valence-corrected chi connectivity index (χ3v) is 6.50. The standard InChI is InChI=1S/C25H24N8O3S/c1-15-4-3-5-19(28-15)23-26-8-6-21(31-23)30-22-7-9-27-25(32-22)29-18-10-20(37-14-18)24(35)36-13-17-11-33(12-17)16(2)34/h3-10,14,17H,11-13H2,1-2H3,(H2,26,27,29,30,31,32). The fourth-order valence-electron chi connectivity index (χ4n) is 3.67. The SMILES string of the molecule is CC(=O)N1CC(COC(=O)c2cc(Nc3nccc(Nc4ccnc(-c5cccc(C)n5)n4)n3)cs2)C1. The van der Waals surface area contributed by atoms with Crippen molar-refractivity contribution in [1.82, 2.24) is 29.8 Å². The first-order chi connectivity index (χ1) is 17.9. The lowest BCUT2D eigenvalue weighted by atomic mass is 10.0. The van der Waals surface area contributed by atoms with Crippen LogP contribution >= 0.6 is 11.3 Å². The quantitative estimate of drug-likeness (QED) is 0.333. The van der Waals surface area contributed by atoms with Gasteiger partial charge in [-0.15, -0.1) is 11.3 Å². The van der Waals surface area contributed by atoms with Crippen molar-refractivity contribution in [1.29, 1.82) is 0 Å². The zero-order valence-electron chi connectivity index (χ0n) is 20.2. The number of rotatable bonds is 8. The molecule has 188 valence electrons. The summed E-state index contributed by atoms with van der Waals surface area (Å²) >= 11 is 1.27. The molecule has 5 rings (SSSR count). The van der Waals surface area contributed by atoms with Crippen LogP contribution in [0.3, 0.4) is 0 Å². The van der Waals surface area contributed by atoms with E-state index in [2.05, 4.69) is 35.6 Å². The summed E-state index contributed by atoms with van der Waals surface area (Å²) in [4.78, 5) is 47.9. The van der Waals surface area contributed by atoms with Gasteiger partial charge in [0.25, 0.3) is 0 Å². The number of carbonyl (C=O) groups excluding carboxylic acids is 2. The Kier molecular flexibility index (Phi) is 6.99. The number of pyridine rings is 1. The second-order valence-electron chi connectivity index (χ2n) is 8.53. The smallest absolute Gasteiger partial charge is 0.348 e. The summed E-state index contributed by atoms with van der Waals surface area (Å²) in [5.41, 5.74) is 2.25. The largest absolute Gasteiger partial charge is 0.461 e. The maximum absolute atomic E-state index is 12.4. The Morgan fingerprint density at radius 2 is 1.84 bits per heavy atom. The summed E-state index contributed by atoms with van der Waals surface area (Å²) in [6, 6.07) is 10.9. The van der Waals surface area contributed by atoms with E-state index in [9.17, 15) is 9.59 Å². The Labute approximate surface area is 217 Å². The van der Waals surface area contributed by atoms with Crippen molar-refractivity contribution < 1.29 is 14.3 Å². The molecule has 1 aliphatic heterocycles. The number of esters is 1. The number of thiophene rings is 1. The summed E-state index contributed by atoms with van der Waals surface area (Å²) < 4.78 is 5.41. The van der Waals surface area contributed by atoms with Crippen LogP contribution in [0.2, 0.25) is 0 Å². The molecule has 12 heteroatoms. The minimum absolute atomic E-state index is 0.0411. The van der Waals surface area contributed by atoms with Crippen molar-refractivity contribution >= 4 is 46.5 Å². The number of anilines is 4. The molecule has 0 spiro atoms. The minimum Gasteiger partial charge on any atom is -0.461 e. The van der Waals surface area contributed by atoms with Crippen molar-refractivity contribution in [3.05, 3.63) is 64.7 Å². The maximum Gasteiger partial charge on any atom is 0.348 e. The number of hydrogen-bond donors (Lipinski definition) is 2. The highest BCUT2D eigenvalue weighted by molar-refractivity contribution is 7.12. The van der Waals surface area contributed by atoms with Crippen LogP contribution in [0.15, 0.2) is 54.2 Å². The molecule has 1 saturated heterocycles. The van der Waals surface area contributed by atoms with E-state index in [1.54, 1.807) is 40.9 Å². The van der Waals surface area contributed by atoms with E-state index < -0.39 is 5.97 Å². The molecule has 0 radical (unpaired) electrons. The zero-order chi connectivity index (χ0) is 25.8. The molecule has 0 unspecified atom stereocenters. The Hall–Kier alpha value is -4.45. The molecule has 1 amide bonds. The molecule has 1 fully saturated rings. The second kappa shape index (κ2) is 10.7. The lowest BCUT2D eigenvalue weighted by molar-refractivity contribution is -0.135. The van der Waals surface area contributed by atoms with Gasteiger partial charge < -0.3 is 20.3 Å². The van der Waals surface area contributed by atoms with Crippen molar-refractivity contribution in [2.45, 2.75) is 13.8 Å². The lowest BCUT2D eigenvalue weighted by Crippen LogP contribution is -2.50. The number of likely N-dealkylation sites (tertiary alicyclic amines) is 1. The highest BCUT2D eigenvalue weighted by Gasteiger charge is 2.29. The van der Waals surface area contributed by atoms with Crippen LogP contribution < -0.4 is 10.6 Å². The fraction of sp³-hybridized carbons (Fsp3) is 0.240.